The van der Waals surface area contributed by atoms with Gasteiger partial charge in [-0.1, -0.05) is 20.3 Å². The van der Waals surface area contributed by atoms with Crippen LogP contribution >= 0.6 is 0 Å². The second-order valence-electron chi connectivity index (χ2n) is 5.47. The Labute approximate surface area is 105 Å². The number of hydrogen-bond donors (Lipinski definition) is 1. The number of nitrogens with zero attached hydrogens (tertiary/aromatic N) is 2. The van der Waals surface area contributed by atoms with Crippen LogP contribution in [0.3, 0.4) is 0 Å². The predicted octanol–water partition coefficient (Wildman–Crippen LogP) is 2.64. The lowest BCUT2D eigenvalue weighted by Crippen LogP contribution is -2.32. The Kier molecular flexibility index (Phi) is 3.87. The maximum absolute atomic E-state index is 4.29. The molecule has 0 aliphatic heterocycles. The summed E-state index contributed by atoms with van der Waals surface area (Å²) in [6.45, 7) is 7.81. The third-order valence-electron chi connectivity index (χ3n) is 4.64. The molecule has 1 aromatic heterocycles. The Morgan fingerprint density at radius 1 is 1.47 bits per heavy atom. The zero-order valence-electron chi connectivity index (χ0n) is 11.5. The molecular weight excluding hydrogens is 210 g/mol. The smallest absolute Gasteiger partial charge is 0.0537 e. The van der Waals surface area contributed by atoms with Gasteiger partial charge in [-0.15, -0.1) is 0 Å². The lowest BCUT2D eigenvalue weighted by molar-refractivity contribution is 0.344. The molecule has 3 atom stereocenters. The van der Waals surface area contributed by atoms with Gasteiger partial charge in [0.25, 0.3) is 0 Å². The molecule has 0 radical (unpaired) electrons. The first-order valence-electron chi connectivity index (χ1n) is 6.84. The van der Waals surface area contributed by atoms with Crippen LogP contribution in [-0.4, -0.2) is 15.8 Å². The van der Waals surface area contributed by atoms with Crippen molar-refractivity contribution in [2.45, 2.75) is 52.6 Å². The fourth-order valence-corrected chi connectivity index (χ4v) is 3.07. The molecule has 3 nitrogen and oxygen atoms in total. The summed E-state index contributed by atoms with van der Waals surface area (Å²) < 4.78 is 1.95. The van der Waals surface area contributed by atoms with E-state index in [4.69, 9.17) is 0 Å². The Bertz CT molecular complexity index is 370. The van der Waals surface area contributed by atoms with Gasteiger partial charge in [0.1, 0.15) is 0 Å². The van der Waals surface area contributed by atoms with Crippen molar-refractivity contribution in [3.8, 4) is 0 Å². The van der Waals surface area contributed by atoms with Gasteiger partial charge in [0, 0.05) is 30.9 Å². The highest BCUT2D eigenvalue weighted by atomic mass is 15.3. The zero-order valence-corrected chi connectivity index (χ0v) is 11.5. The van der Waals surface area contributed by atoms with Gasteiger partial charge in [-0.25, -0.2) is 0 Å². The summed E-state index contributed by atoms with van der Waals surface area (Å²) in [5.41, 5.74) is 2.61. The van der Waals surface area contributed by atoms with Crippen LogP contribution in [0, 0.1) is 18.8 Å². The molecule has 1 aliphatic rings. The van der Waals surface area contributed by atoms with Crippen LogP contribution in [0.4, 0.5) is 0 Å². The number of rotatable bonds is 4. The number of hydrogen-bond acceptors (Lipinski definition) is 2. The topological polar surface area (TPSA) is 29.9 Å². The largest absolute Gasteiger partial charge is 0.310 e. The second-order valence-corrected chi connectivity index (χ2v) is 5.47. The van der Waals surface area contributed by atoms with Crippen molar-refractivity contribution in [3.63, 3.8) is 0 Å². The third kappa shape index (κ3) is 2.54. The van der Waals surface area contributed by atoms with E-state index in [2.05, 4.69) is 31.2 Å². The van der Waals surface area contributed by atoms with Crippen molar-refractivity contribution in [3.05, 3.63) is 17.5 Å². The van der Waals surface area contributed by atoms with Crippen LogP contribution in [0.1, 0.15) is 44.4 Å². The lowest BCUT2D eigenvalue weighted by Gasteiger charge is -2.21. The second kappa shape index (κ2) is 5.21. The number of aromatic nitrogens is 2. The van der Waals surface area contributed by atoms with Gasteiger partial charge in [-0.05, 0) is 31.6 Å². The van der Waals surface area contributed by atoms with Crippen molar-refractivity contribution >= 4 is 0 Å². The molecule has 17 heavy (non-hydrogen) atoms. The molecule has 1 heterocycles. The molecule has 0 aromatic carbocycles. The molecule has 3 heteroatoms. The Morgan fingerprint density at radius 2 is 2.24 bits per heavy atom. The Morgan fingerprint density at radius 3 is 2.76 bits per heavy atom. The summed E-state index contributed by atoms with van der Waals surface area (Å²) in [5, 5.41) is 8.00. The molecule has 0 bridgehead atoms. The summed E-state index contributed by atoms with van der Waals surface area (Å²) in [6, 6.07) is 0.694. The van der Waals surface area contributed by atoms with Gasteiger partial charge < -0.3 is 5.32 Å². The normalized spacial score (nSPS) is 28.8. The Balaban J connectivity index is 1.89. The van der Waals surface area contributed by atoms with Gasteiger partial charge in [0.2, 0.25) is 0 Å². The molecule has 3 unspecified atom stereocenters. The highest BCUT2D eigenvalue weighted by Crippen LogP contribution is 2.33. The summed E-state index contributed by atoms with van der Waals surface area (Å²) >= 11 is 0. The third-order valence-corrected chi connectivity index (χ3v) is 4.64. The average molecular weight is 235 g/mol. The van der Waals surface area contributed by atoms with E-state index in [9.17, 15) is 0 Å². The first-order chi connectivity index (χ1) is 8.13. The number of nitrogens with one attached hydrogen (secondary N) is 1. The average Bonchev–Trinajstić information content (AvgIpc) is 2.83. The molecule has 0 spiro atoms. The van der Waals surface area contributed by atoms with E-state index in [0.717, 1.165) is 18.4 Å². The van der Waals surface area contributed by atoms with Gasteiger partial charge in [0.15, 0.2) is 0 Å². The molecule has 1 aromatic rings. The Hall–Kier alpha value is -0.830. The predicted molar refractivity (Wildman–Crippen MR) is 70.8 cm³/mol. The van der Waals surface area contributed by atoms with Crippen molar-refractivity contribution < 1.29 is 0 Å². The van der Waals surface area contributed by atoms with E-state index in [0.29, 0.717) is 6.04 Å². The quantitative estimate of drug-likeness (QED) is 0.869. The zero-order chi connectivity index (χ0) is 12.4. The minimum atomic E-state index is 0.694. The van der Waals surface area contributed by atoms with Gasteiger partial charge in [-0.3, -0.25) is 4.68 Å². The van der Waals surface area contributed by atoms with Gasteiger partial charge >= 0.3 is 0 Å². The van der Waals surface area contributed by atoms with E-state index >= 15 is 0 Å². The van der Waals surface area contributed by atoms with Crippen LogP contribution in [-0.2, 0) is 13.6 Å². The summed E-state index contributed by atoms with van der Waals surface area (Å²) in [5.74, 6) is 1.74. The van der Waals surface area contributed by atoms with Crippen molar-refractivity contribution in [1.29, 1.82) is 0 Å². The summed E-state index contributed by atoms with van der Waals surface area (Å²) in [6.07, 6.45) is 6.03. The summed E-state index contributed by atoms with van der Waals surface area (Å²) in [7, 11) is 2.00. The minimum absolute atomic E-state index is 0.694. The van der Waals surface area contributed by atoms with E-state index in [1.165, 1.54) is 30.5 Å². The van der Waals surface area contributed by atoms with Crippen molar-refractivity contribution in [1.82, 2.24) is 15.1 Å². The monoisotopic (exact) mass is 235 g/mol. The van der Waals surface area contributed by atoms with Crippen LogP contribution in [0.15, 0.2) is 6.20 Å². The lowest BCUT2D eigenvalue weighted by atomic mass is 9.93. The standard InChI is InChI=1S/C14H25N3/c1-5-12-6-7-14(10(12)2)15-8-13-9-16-17(4)11(13)3/h9-10,12,14-15H,5-8H2,1-4H3. The molecule has 0 saturated heterocycles. The molecule has 96 valence electrons. The van der Waals surface area contributed by atoms with Gasteiger partial charge in [0.05, 0.1) is 6.20 Å². The van der Waals surface area contributed by atoms with Crippen LogP contribution < -0.4 is 5.32 Å². The molecule has 1 N–H and O–H groups in total. The molecule has 0 amide bonds. The fourth-order valence-electron chi connectivity index (χ4n) is 3.07. The minimum Gasteiger partial charge on any atom is -0.310 e. The van der Waals surface area contributed by atoms with Crippen molar-refractivity contribution in [2.24, 2.45) is 18.9 Å². The summed E-state index contributed by atoms with van der Waals surface area (Å²) in [4.78, 5) is 0. The highest BCUT2D eigenvalue weighted by Gasteiger charge is 2.30. The molecule has 1 aliphatic carbocycles. The fraction of sp³-hybridized carbons (Fsp3) is 0.786. The van der Waals surface area contributed by atoms with Crippen molar-refractivity contribution in [2.75, 3.05) is 0 Å². The molecule has 1 saturated carbocycles. The molecular formula is C14H25N3. The molecule has 2 rings (SSSR count). The van der Waals surface area contributed by atoms with E-state index < -0.39 is 0 Å². The van der Waals surface area contributed by atoms with Crippen LogP contribution in [0.5, 0.6) is 0 Å². The van der Waals surface area contributed by atoms with Crippen LogP contribution in [0.25, 0.3) is 0 Å². The SMILES string of the molecule is CCC1CCC(NCc2cnn(C)c2C)C1C. The highest BCUT2D eigenvalue weighted by molar-refractivity contribution is 5.15. The van der Waals surface area contributed by atoms with E-state index in [1.807, 2.05) is 17.9 Å². The van der Waals surface area contributed by atoms with E-state index in [-0.39, 0.29) is 0 Å². The first kappa shape index (κ1) is 12.6. The van der Waals surface area contributed by atoms with Crippen LogP contribution in [0.2, 0.25) is 0 Å². The maximum Gasteiger partial charge on any atom is 0.0537 e. The molecule has 1 fully saturated rings. The van der Waals surface area contributed by atoms with E-state index in [1.54, 1.807) is 0 Å². The van der Waals surface area contributed by atoms with Gasteiger partial charge in [-0.2, -0.15) is 5.10 Å². The first-order valence-corrected chi connectivity index (χ1v) is 6.84. The number of aryl methyl sites for hydroxylation is 1. The maximum atomic E-state index is 4.29.